The van der Waals surface area contributed by atoms with Gasteiger partial charge in [0.2, 0.25) is 4.96 Å². The number of nitrogens with zero attached hydrogens (tertiary/aromatic N) is 4. The van der Waals surface area contributed by atoms with Crippen molar-refractivity contribution < 1.29 is 13.2 Å². The number of alkyl halides is 3. The Morgan fingerprint density at radius 3 is 2.72 bits per heavy atom. The molecule has 2 rings (SSSR count). The van der Waals surface area contributed by atoms with E-state index in [0.717, 1.165) is 22.4 Å². The molecule has 9 heteroatoms. The smallest absolute Gasteiger partial charge is 0.314 e. The molecule has 2 heterocycles. The van der Waals surface area contributed by atoms with E-state index in [1.54, 1.807) is 0 Å². The van der Waals surface area contributed by atoms with Gasteiger partial charge in [0.05, 0.1) is 0 Å². The number of nitrogens with one attached hydrogen (secondary N) is 1. The van der Waals surface area contributed by atoms with Gasteiger partial charge in [-0.2, -0.15) is 22.8 Å². The molecule has 0 bridgehead atoms. The van der Waals surface area contributed by atoms with Crippen molar-refractivity contribution >= 4 is 16.3 Å². The van der Waals surface area contributed by atoms with Crippen LogP contribution in [0, 0.1) is 0 Å². The summed E-state index contributed by atoms with van der Waals surface area (Å²) in [4.78, 5) is 0.168. The molecule has 1 unspecified atom stereocenters. The summed E-state index contributed by atoms with van der Waals surface area (Å²) in [5.74, 6) is -1.07. The quantitative estimate of drug-likeness (QED) is 0.926. The molecular formula is C9H12F3N5S. The number of hydrogen-bond acceptors (Lipinski definition) is 5. The van der Waals surface area contributed by atoms with E-state index in [2.05, 4.69) is 20.6 Å². The number of aromatic nitrogens is 4. The number of hydrogen-bond donors (Lipinski definition) is 1. The van der Waals surface area contributed by atoms with Gasteiger partial charge < -0.3 is 5.32 Å². The van der Waals surface area contributed by atoms with E-state index in [1.807, 2.05) is 13.8 Å². The Hall–Kier alpha value is -1.22. The van der Waals surface area contributed by atoms with Gasteiger partial charge in [-0.3, -0.25) is 0 Å². The van der Waals surface area contributed by atoms with Crippen LogP contribution in [0.5, 0.6) is 0 Å². The van der Waals surface area contributed by atoms with Crippen LogP contribution in [0.1, 0.15) is 24.7 Å². The molecule has 2 aromatic heterocycles. The molecule has 1 atom stereocenters. The molecule has 0 radical (unpaired) electrons. The van der Waals surface area contributed by atoms with E-state index in [-0.39, 0.29) is 11.0 Å². The van der Waals surface area contributed by atoms with Crippen LogP contribution in [0.25, 0.3) is 4.96 Å². The molecule has 0 fully saturated rings. The predicted octanol–water partition coefficient (Wildman–Crippen LogP) is 1.75. The molecule has 100 valence electrons. The zero-order valence-corrected chi connectivity index (χ0v) is 10.6. The van der Waals surface area contributed by atoms with Crippen molar-refractivity contribution in [3.8, 4) is 0 Å². The zero-order valence-electron chi connectivity index (χ0n) is 9.82. The molecule has 0 aliphatic carbocycles. The summed E-state index contributed by atoms with van der Waals surface area (Å²) in [7, 11) is 0. The van der Waals surface area contributed by atoms with E-state index in [4.69, 9.17) is 0 Å². The average Bonchev–Trinajstić information content (AvgIpc) is 2.74. The molecule has 0 saturated heterocycles. The van der Waals surface area contributed by atoms with Crippen molar-refractivity contribution in [3.63, 3.8) is 0 Å². The van der Waals surface area contributed by atoms with Gasteiger partial charge >= 0.3 is 6.18 Å². The SMILES string of the molecule is CCNC(C)Cc1nn2c(C(F)(F)F)nnc2s1. The third-order valence-electron chi connectivity index (χ3n) is 2.32. The fraction of sp³-hybridized carbons (Fsp3) is 0.667. The van der Waals surface area contributed by atoms with Crippen molar-refractivity contribution in [3.05, 3.63) is 10.8 Å². The van der Waals surface area contributed by atoms with Crippen LogP contribution in [0.3, 0.4) is 0 Å². The van der Waals surface area contributed by atoms with E-state index in [0.29, 0.717) is 11.4 Å². The molecule has 0 aliphatic rings. The first-order valence-corrected chi connectivity index (χ1v) is 6.25. The van der Waals surface area contributed by atoms with Gasteiger partial charge in [-0.1, -0.05) is 18.3 Å². The van der Waals surface area contributed by atoms with Gasteiger partial charge in [0, 0.05) is 12.5 Å². The summed E-state index contributed by atoms with van der Waals surface area (Å²) in [5, 5.41) is 14.3. The van der Waals surface area contributed by atoms with Gasteiger partial charge in [-0.15, -0.1) is 10.2 Å². The van der Waals surface area contributed by atoms with Crippen LogP contribution < -0.4 is 5.32 Å². The lowest BCUT2D eigenvalue weighted by molar-refractivity contribution is -0.146. The molecule has 1 N–H and O–H groups in total. The summed E-state index contributed by atoms with van der Waals surface area (Å²) >= 11 is 1.13. The lowest BCUT2D eigenvalue weighted by atomic mass is 10.2. The lowest BCUT2D eigenvalue weighted by Gasteiger charge is -2.08. The van der Waals surface area contributed by atoms with Crippen LogP contribution in [0.15, 0.2) is 0 Å². The predicted molar refractivity (Wildman–Crippen MR) is 60.5 cm³/mol. The van der Waals surface area contributed by atoms with E-state index < -0.39 is 12.0 Å². The summed E-state index contributed by atoms with van der Waals surface area (Å²) < 4.78 is 38.5. The molecule has 0 aromatic carbocycles. The first-order chi connectivity index (χ1) is 8.41. The van der Waals surface area contributed by atoms with Crippen LogP contribution >= 0.6 is 11.3 Å². The average molecular weight is 279 g/mol. The van der Waals surface area contributed by atoms with Crippen LogP contribution in [0.4, 0.5) is 13.2 Å². The van der Waals surface area contributed by atoms with Crippen molar-refractivity contribution in [1.82, 2.24) is 25.1 Å². The Morgan fingerprint density at radius 1 is 1.39 bits per heavy atom. The molecule has 2 aromatic rings. The normalized spacial score (nSPS) is 14.3. The summed E-state index contributed by atoms with van der Waals surface area (Å²) in [5.41, 5.74) is 0. The fourth-order valence-electron chi connectivity index (χ4n) is 1.60. The molecule has 0 saturated carbocycles. The summed E-state index contributed by atoms with van der Waals surface area (Å²) in [6, 6.07) is 0.160. The second kappa shape index (κ2) is 4.81. The maximum atomic E-state index is 12.6. The number of fused-ring (bicyclic) bond motifs is 1. The first-order valence-electron chi connectivity index (χ1n) is 5.43. The van der Waals surface area contributed by atoms with Crippen LogP contribution in [0.2, 0.25) is 0 Å². The van der Waals surface area contributed by atoms with Crippen LogP contribution in [-0.2, 0) is 12.6 Å². The molecule has 18 heavy (non-hydrogen) atoms. The maximum Gasteiger partial charge on any atom is 0.453 e. The highest BCUT2D eigenvalue weighted by Gasteiger charge is 2.38. The number of likely N-dealkylation sites (N-methyl/N-ethyl adjacent to an activating group) is 1. The molecule has 5 nitrogen and oxygen atoms in total. The zero-order chi connectivity index (χ0) is 13.3. The van der Waals surface area contributed by atoms with Crippen molar-refractivity contribution in [2.24, 2.45) is 0 Å². The van der Waals surface area contributed by atoms with Gasteiger partial charge in [-0.05, 0) is 13.5 Å². The minimum Gasteiger partial charge on any atom is -0.314 e. The van der Waals surface area contributed by atoms with E-state index in [1.165, 1.54) is 0 Å². The second-order valence-electron chi connectivity index (χ2n) is 3.87. The molecular weight excluding hydrogens is 267 g/mol. The largest absolute Gasteiger partial charge is 0.453 e. The van der Waals surface area contributed by atoms with E-state index in [9.17, 15) is 13.2 Å². The minimum absolute atomic E-state index is 0.160. The van der Waals surface area contributed by atoms with Crippen molar-refractivity contribution in [1.29, 1.82) is 0 Å². The highest BCUT2D eigenvalue weighted by atomic mass is 32.1. The van der Waals surface area contributed by atoms with Gasteiger partial charge in [-0.25, -0.2) is 0 Å². The number of rotatable bonds is 4. The Kier molecular flexibility index (Phi) is 3.53. The monoisotopic (exact) mass is 279 g/mol. The minimum atomic E-state index is -4.53. The highest BCUT2D eigenvalue weighted by molar-refractivity contribution is 7.16. The topological polar surface area (TPSA) is 55.1 Å². The van der Waals surface area contributed by atoms with Gasteiger partial charge in [0.1, 0.15) is 5.01 Å². The fourth-order valence-corrected chi connectivity index (χ4v) is 2.56. The van der Waals surface area contributed by atoms with E-state index >= 15 is 0 Å². The van der Waals surface area contributed by atoms with Gasteiger partial charge in [0.15, 0.2) is 0 Å². The standard InChI is InChI=1S/C9H12F3N5S/c1-3-13-5(2)4-6-16-17-7(9(10,11)12)14-15-8(17)18-6/h5,13H,3-4H2,1-2H3. The third kappa shape index (κ3) is 2.61. The van der Waals surface area contributed by atoms with Crippen molar-refractivity contribution in [2.45, 2.75) is 32.5 Å². The molecule has 0 amide bonds. The lowest BCUT2D eigenvalue weighted by Crippen LogP contribution is -2.27. The maximum absolute atomic E-state index is 12.6. The third-order valence-corrected chi connectivity index (χ3v) is 3.24. The van der Waals surface area contributed by atoms with Crippen LogP contribution in [-0.4, -0.2) is 32.4 Å². The first kappa shape index (κ1) is 13.2. The summed E-state index contributed by atoms with van der Waals surface area (Å²) in [6.45, 7) is 4.73. The second-order valence-corrected chi connectivity index (χ2v) is 4.91. The Labute approximate surface area is 105 Å². The van der Waals surface area contributed by atoms with Gasteiger partial charge in [0.25, 0.3) is 5.82 Å². The molecule has 0 aliphatic heterocycles. The number of halogens is 3. The Bertz CT molecular complexity index is 532. The molecule has 0 spiro atoms. The Morgan fingerprint density at radius 2 is 2.11 bits per heavy atom. The van der Waals surface area contributed by atoms with Crippen molar-refractivity contribution in [2.75, 3.05) is 6.54 Å². The summed E-state index contributed by atoms with van der Waals surface area (Å²) in [6.07, 6.45) is -3.96. The Balaban J connectivity index is 2.26. The highest BCUT2D eigenvalue weighted by Crippen LogP contribution is 2.29.